The van der Waals surface area contributed by atoms with Gasteiger partial charge in [-0.2, -0.15) is 0 Å². The van der Waals surface area contributed by atoms with E-state index < -0.39 is 0 Å². The summed E-state index contributed by atoms with van der Waals surface area (Å²) in [4.78, 5) is 4.24. The summed E-state index contributed by atoms with van der Waals surface area (Å²) in [5.41, 5.74) is 7.31. The molecule has 0 fully saturated rings. The van der Waals surface area contributed by atoms with Crippen molar-refractivity contribution in [2.75, 3.05) is 20.0 Å². The van der Waals surface area contributed by atoms with Crippen LogP contribution >= 0.6 is 27.3 Å². The van der Waals surface area contributed by atoms with Gasteiger partial charge < -0.3 is 15.2 Å². The van der Waals surface area contributed by atoms with Crippen molar-refractivity contribution < 1.29 is 9.47 Å². The summed E-state index contributed by atoms with van der Waals surface area (Å²) >= 11 is 4.84. The number of methoxy groups -OCH3 is 2. The van der Waals surface area contributed by atoms with Crippen molar-refractivity contribution in [3.8, 4) is 22.8 Å². The second kappa shape index (κ2) is 4.93. The van der Waals surface area contributed by atoms with Crippen LogP contribution in [-0.4, -0.2) is 19.2 Å². The third-order valence-electron chi connectivity index (χ3n) is 2.27. The monoisotopic (exact) mass is 314 g/mol. The van der Waals surface area contributed by atoms with Crippen molar-refractivity contribution in [3.05, 3.63) is 22.0 Å². The average molecular weight is 315 g/mol. The number of anilines is 1. The molecule has 0 bridgehead atoms. The smallest absolute Gasteiger partial charge is 0.180 e. The molecule has 0 saturated carbocycles. The second-order valence-corrected chi connectivity index (χ2v) is 5.00. The van der Waals surface area contributed by atoms with Crippen LogP contribution in [0.1, 0.15) is 0 Å². The van der Waals surface area contributed by atoms with Gasteiger partial charge in [0.05, 0.1) is 24.4 Å². The normalized spacial score (nSPS) is 10.3. The highest BCUT2D eigenvalue weighted by Crippen LogP contribution is 2.38. The average Bonchev–Trinajstić information content (AvgIpc) is 2.75. The minimum absolute atomic E-state index is 0.536. The van der Waals surface area contributed by atoms with Gasteiger partial charge >= 0.3 is 0 Å². The highest BCUT2D eigenvalue weighted by atomic mass is 79.9. The Morgan fingerprint density at radius 3 is 2.47 bits per heavy atom. The molecule has 1 aromatic heterocycles. The minimum atomic E-state index is 0.536. The van der Waals surface area contributed by atoms with E-state index in [2.05, 4.69) is 20.9 Å². The fourth-order valence-electron chi connectivity index (χ4n) is 1.47. The van der Waals surface area contributed by atoms with E-state index in [1.54, 1.807) is 14.2 Å². The summed E-state index contributed by atoms with van der Waals surface area (Å²) in [6.45, 7) is 0. The Morgan fingerprint density at radius 2 is 1.94 bits per heavy atom. The molecule has 1 aromatic carbocycles. The lowest BCUT2D eigenvalue weighted by Gasteiger charge is -2.10. The van der Waals surface area contributed by atoms with Crippen molar-refractivity contribution in [3.63, 3.8) is 0 Å². The predicted octanol–water partition coefficient (Wildman–Crippen LogP) is 3.17. The number of nitrogens with two attached hydrogens (primary N) is 1. The number of thiazole rings is 1. The molecule has 0 unspecified atom stereocenters. The first-order valence-corrected chi connectivity index (χ1v) is 6.46. The Kier molecular flexibility index (Phi) is 3.54. The van der Waals surface area contributed by atoms with Gasteiger partial charge in [0.1, 0.15) is 11.5 Å². The van der Waals surface area contributed by atoms with Crippen molar-refractivity contribution in [1.82, 2.24) is 4.98 Å². The van der Waals surface area contributed by atoms with Crippen LogP contribution < -0.4 is 15.2 Å². The van der Waals surface area contributed by atoms with E-state index in [0.717, 1.165) is 15.7 Å². The zero-order valence-corrected chi connectivity index (χ0v) is 11.8. The van der Waals surface area contributed by atoms with Crippen LogP contribution in [0.25, 0.3) is 11.3 Å². The molecule has 4 nitrogen and oxygen atoms in total. The predicted molar refractivity (Wildman–Crippen MR) is 72.8 cm³/mol. The minimum Gasteiger partial charge on any atom is -0.496 e. The standard InChI is InChI=1S/C11H11BrN2O2S/c1-15-9-4-10(16-2)7(12)3-6(9)8-5-17-11(13)14-8/h3-5H,1-2H3,(H2,13,14). The lowest BCUT2D eigenvalue weighted by Crippen LogP contribution is -1.92. The summed E-state index contributed by atoms with van der Waals surface area (Å²) in [7, 11) is 3.22. The molecule has 90 valence electrons. The summed E-state index contributed by atoms with van der Waals surface area (Å²) in [6.07, 6.45) is 0. The molecule has 0 saturated heterocycles. The number of benzene rings is 1. The van der Waals surface area contributed by atoms with Crippen molar-refractivity contribution in [1.29, 1.82) is 0 Å². The van der Waals surface area contributed by atoms with Crippen molar-refractivity contribution >= 4 is 32.4 Å². The number of ether oxygens (including phenoxy) is 2. The molecule has 0 amide bonds. The van der Waals surface area contributed by atoms with Gasteiger partial charge in [0.15, 0.2) is 5.13 Å². The number of rotatable bonds is 3. The number of nitrogens with zero attached hydrogens (tertiary/aromatic N) is 1. The maximum atomic E-state index is 5.63. The van der Waals surface area contributed by atoms with Gasteiger partial charge in [-0.1, -0.05) is 0 Å². The zero-order chi connectivity index (χ0) is 12.4. The van der Waals surface area contributed by atoms with Crippen LogP contribution in [0.2, 0.25) is 0 Å². The Bertz CT molecular complexity index is 542. The van der Waals surface area contributed by atoms with Crippen LogP contribution in [0.3, 0.4) is 0 Å². The van der Waals surface area contributed by atoms with Gasteiger partial charge in [0.2, 0.25) is 0 Å². The first kappa shape index (κ1) is 12.2. The van der Waals surface area contributed by atoms with E-state index in [1.165, 1.54) is 11.3 Å². The van der Waals surface area contributed by atoms with Crippen molar-refractivity contribution in [2.24, 2.45) is 0 Å². The Balaban J connectivity index is 2.57. The molecule has 0 spiro atoms. The van der Waals surface area contributed by atoms with Crippen LogP contribution in [0.15, 0.2) is 22.0 Å². The molecule has 0 aliphatic heterocycles. The third-order valence-corrected chi connectivity index (χ3v) is 3.57. The molecule has 6 heteroatoms. The van der Waals surface area contributed by atoms with Crippen LogP contribution in [0.5, 0.6) is 11.5 Å². The van der Waals surface area contributed by atoms with E-state index in [0.29, 0.717) is 16.6 Å². The first-order valence-electron chi connectivity index (χ1n) is 4.78. The molecule has 0 aliphatic rings. The van der Waals surface area contributed by atoms with Gasteiger partial charge in [0.25, 0.3) is 0 Å². The van der Waals surface area contributed by atoms with E-state index in [4.69, 9.17) is 15.2 Å². The largest absolute Gasteiger partial charge is 0.496 e. The summed E-state index contributed by atoms with van der Waals surface area (Å²) in [6, 6.07) is 3.72. The highest BCUT2D eigenvalue weighted by Gasteiger charge is 2.13. The fraction of sp³-hybridized carbons (Fsp3) is 0.182. The molecular weight excluding hydrogens is 304 g/mol. The first-order chi connectivity index (χ1) is 8.15. The second-order valence-electron chi connectivity index (χ2n) is 3.26. The fourth-order valence-corrected chi connectivity index (χ4v) is 2.54. The molecular formula is C11H11BrN2O2S. The summed E-state index contributed by atoms with van der Waals surface area (Å²) < 4.78 is 11.4. The summed E-state index contributed by atoms with van der Waals surface area (Å²) in [5, 5.41) is 2.43. The van der Waals surface area contributed by atoms with Crippen molar-refractivity contribution in [2.45, 2.75) is 0 Å². The SMILES string of the molecule is COc1cc(OC)c(-c2csc(N)n2)cc1Br. The van der Waals surface area contributed by atoms with Gasteiger partial charge in [0, 0.05) is 17.0 Å². The van der Waals surface area contributed by atoms with Gasteiger partial charge in [-0.05, 0) is 22.0 Å². The van der Waals surface area contributed by atoms with E-state index in [1.807, 2.05) is 17.5 Å². The number of aromatic nitrogens is 1. The summed E-state index contributed by atoms with van der Waals surface area (Å²) in [5.74, 6) is 1.42. The van der Waals surface area contributed by atoms with Gasteiger partial charge in [-0.25, -0.2) is 4.98 Å². The van der Waals surface area contributed by atoms with Gasteiger partial charge in [-0.15, -0.1) is 11.3 Å². The number of halogens is 1. The molecule has 0 radical (unpaired) electrons. The topological polar surface area (TPSA) is 57.4 Å². The van der Waals surface area contributed by atoms with Gasteiger partial charge in [-0.3, -0.25) is 0 Å². The van der Waals surface area contributed by atoms with E-state index in [-0.39, 0.29) is 0 Å². The zero-order valence-electron chi connectivity index (χ0n) is 9.36. The number of nitrogen functional groups attached to an aromatic ring is 1. The number of hydrogen-bond acceptors (Lipinski definition) is 5. The van der Waals surface area contributed by atoms with Crippen LogP contribution in [-0.2, 0) is 0 Å². The molecule has 2 aromatic rings. The maximum Gasteiger partial charge on any atom is 0.180 e. The molecule has 2 N–H and O–H groups in total. The van der Waals surface area contributed by atoms with Crippen LogP contribution in [0.4, 0.5) is 5.13 Å². The molecule has 2 rings (SSSR count). The van der Waals surface area contributed by atoms with Crippen LogP contribution in [0, 0.1) is 0 Å². The third kappa shape index (κ3) is 2.37. The maximum absolute atomic E-state index is 5.63. The Labute approximate surface area is 112 Å². The lowest BCUT2D eigenvalue weighted by atomic mass is 10.1. The molecule has 0 aliphatic carbocycles. The molecule has 0 atom stereocenters. The molecule has 17 heavy (non-hydrogen) atoms. The van der Waals surface area contributed by atoms with E-state index in [9.17, 15) is 0 Å². The Hall–Kier alpha value is -1.27. The highest BCUT2D eigenvalue weighted by molar-refractivity contribution is 9.10. The lowest BCUT2D eigenvalue weighted by molar-refractivity contribution is 0.393. The quantitative estimate of drug-likeness (QED) is 0.945. The molecule has 1 heterocycles. The number of hydrogen-bond donors (Lipinski definition) is 1. The van der Waals surface area contributed by atoms with E-state index >= 15 is 0 Å². The Morgan fingerprint density at radius 1 is 1.24 bits per heavy atom.